The fourth-order valence-electron chi connectivity index (χ4n) is 5.26. The van der Waals surface area contributed by atoms with E-state index in [0.29, 0.717) is 16.4 Å². The molecular formula is C30H26ClN3O2. The molecule has 0 spiro atoms. The number of rotatable bonds is 5. The first-order chi connectivity index (χ1) is 17.7. The Balaban J connectivity index is 1.61. The van der Waals surface area contributed by atoms with Gasteiger partial charge in [-0.15, -0.1) is 0 Å². The van der Waals surface area contributed by atoms with Crippen LogP contribution in [0.4, 0.5) is 5.69 Å². The molecule has 6 rings (SSSR count). The number of hydrogen-bond donors (Lipinski definition) is 1. The van der Waals surface area contributed by atoms with Gasteiger partial charge in [-0.05, 0) is 54.7 Å². The highest BCUT2D eigenvalue weighted by molar-refractivity contribution is 6.34. The van der Waals surface area contributed by atoms with Gasteiger partial charge in [-0.2, -0.15) is 0 Å². The van der Waals surface area contributed by atoms with Gasteiger partial charge in [-0.3, -0.25) is 9.20 Å². The van der Waals surface area contributed by atoms with E-state index in [1.54, 1.807) is 13.2 Å². The number of anilines is 1. The highest BCUT2D eigenvalue weighted by Gasteiger charge is 2.29. The van der Waals surface area contributed by atoms with Crippen LogP contribution < -0.4 is 10.1 Å². The normalized spacial score (nSPS) is 12.9. The first-order valence-corrected chi connectivity index (χ1v) is 12.6. The summed E-state index contributed by atoms with van der Waals surface area (Å²) < 4.78 is 9.84. The number of nitrogens with zero attached hydrogens (tertiary/aromatic N) is 2. The molecule has 0 radical (unpaired) electrons. The molecule has 0 saturated heterocycles. The van der Waals surface area contributed by atoms with E-state index in [4.69, 9.17) is 16.3 Å². The van der Waals surface area contributed by atoms with Crippen LogP contribution in [0.5, 0.6) is 5.75 Å². The van der Waals surface area contributed by atoms with Crippen molar-refractivity contribution in [2.24, 2.45) is 0 Å². The molecule has 180 valence electrons. The van der Waals surface area contributed by atoms with Gasteiger partial charge < -0.3 is 14.6 Å². The molecule has 1 N–H and O–H groups in total. The lowest BCUT2D eigenvalue weighted by atomic mass is 9.97. The minimum atomic E-state index is -0.187. The Kier molecular flexibility index (Phi) is 5.78. The maximum Gasteiger partial charge on any atom is 0.273 e. The van der Waals surface area contributed by atoms with Gasteiger partial charge in [0.25, 0.3) is 5.91 Å². The lowest BCUT2D eigenvalue weighted by Gasteiger charge is -2.11. The predicted molar refractivity (Wildman–Crippen MR) is 145 cm³/mol. The van der Waals surface area contributed by atoms with Crippen molar-refractivity contribution in [3.8, 4) is 28.1 Å². The van der Waals surface area contributed by atoms with Crippen LogP contribution in [-0.2, 0) is 13.0 Å². The van der Waals surface area contributed by atoms with E-state index in [-0.39, 0.29) is 5.91 Å². The fourth-order valence-corrected chi connectivity index (χ4v) is 5.44. The third-order valence-corrected chi connectivity index (χ3v) is 7.25. The summed E-state index contributed by atoms with van der Waals surface area (Å²) in [6, 6.07) is 25.7. The summed E-state index contributed by atoms with van der Waals surface area (Å²) in [5, 5.41) is 3.58. The molecule has 3 heterocycles. The van der Waals surface area contributed by atoms with Gasteiger partial charge in [-0.1, -0.05) is 66.2 Å². The van der Waals surface area contributed by atoms with Crippen molar-refractivity contribution in [2.75, 3.05) is 12.4 Å². The summed E-state index contributed by atoms with van der Waals surface area (Å²) in [5.41, 5.74) is 7.70. The molecule has 3 aromatic carbocycles. The maximum absolute atomic E-state index is 14.0. The number of carbonyl (C=O) groups is 1. The van der Waals surface area contributed by atoms with Crippen molar-refractivity contribution in [1.82, 2.24) is 8.97 Å². The number of nitrogens with one attached hydrogen (secondary N) is 1. The predicted octanol–water partition coefficient (Wildman–Crippen LogP) is 7.33. The van der Waals surface area contributed by atoms with Gasteiger partial charge in [0.15, 0.2) is 0 Å². The Hall–Kier alpha value is -3.96. The summed E-state index contributed by atoms with van der Waals surface area (Å²) >= 11 is 6.40. The minimum absolute atomic E-state index is 0.187. The third kappa shape index (κ3) is 3.76. The number of halogens is 1. The molecule has 0 atom stereocenters. The van der Waals surface area contributed by atoms with Crippen molar-refractivity contribution >= 4 is 28.8 Å². The number of para-hydroxylation sites is 1. The Labute approximate surface area is 214 Å². The molecule has 0 aliphatic carbocycles. The quantitative estimate of drug-likeness (QED) is 0.277. The average Bonchev–Trinajstić information content (AvgIpc) is 3.33. The van der Waals surface area contributed by atoms with E-state index in [0.717, 1.165) is 59.6 Å². The lowest BCUT2D eigenvalue weighted by Crippen LogP contribution is -2.15. The van der Waals surface area contributed by atoms with E-state index in [2.05, 4.69) is 44.7 Å². The molecule has 0 saturated carbocycles. The lowest BCUT2D eigenvalue weighted by molar-refractivity contribution is 0.102. The molecule has 1 amide bonds. The van der Waals surface area contributed by atoms with Crippen LogP contribution in [0.3, 0.4) is 0 Å². The van der Waals surface area contributed by atoms with E-state index < -0.39 is 0 Å². The Morgan fingerprint density at radius 1 is 0.917 bits per heavy atom. The summed E-state index contributed by atoms with van der Waals surface area (Å²) in [6.07, 6.45) is 5.16. The van der Waals surface area contributed by atoms with E-state index in [1.807, 2.05) is 48.5 Å². The molecule has 5 nitrogen and oxygen atoms in total. The van der Waals surface area contributed by atoms with Crippen LogP contribution in [0.25, 0.3) is 28.0 Å². The smallest absolute Gasteiger partial charge is 0.273 e. The molecule has 1 aliphatic heterocycles. The number of hydrogen-bond acceptors (Lipinski definition) is 2. The maximum atomic E-state index is 14.0. The highest BCUT2D eigenvalue weighted by Crippen LogP contribution is 2.40. The summed E-state index contributed by atoms with van der Waals surface area (Å²) in [4.78, 5) is 14.0. The molecule has 2 aromatic heterocycles. The van der Waals surface area contributed by atoms with Gasteiger partial charge >= 0.3 is 0 Å². The van der Waals surface area contributed by atoms with Crippen LogP contribution in [0.15, 0.2) is 85.1 Å². The molecule has 1 aliphatic rings. The largest absolute Gasteiger partial charge is 0.497 e. The first kappa shape index (κ1) is 22.5. The number of benzene rings is 3. The highest BCUT2D eigenvalue weighted by atomic mass is 35.5. The summed E-state index contributed by atoms with van der Waals surface area (Å²) in [7, 11) is 1.66. The molecule has 5 aromatic rings. The summed E-state index contributed by atoms with van der Waals surface area (Å²) in [6.45, 7) is 0.908. The number of carbonyl (C=O) groups excluding carboxylic acids is 1. The molecule has 0 fully saturated rings. The second-order valence-corrected chi connectivity index (χ2v) is 9.45. The Morgan fingerprint density at radius 2 is 1.67 bits per heavy atom. The van der Waals surface area contributed by atoms with Crippen molar-refractivity contribution in [1.29, 1.82) is 0 Å². The molecule has 0 unspecified atom stereocenters. The van der Waals surface area contributed by atoms with Gasteiger partial charge in [0.1, 0.15) is 17.1 Å². The Morgan fingerprint density at radius 3 is 2.42 bits per heavy atom. The van der Waals surface area contributed by atoms with Crippen molar-refractivity contribution < 1.29 is 9.53 Å². The van der Waals surface area contributed by atoms with E-state index in [1.165, 1.54) is 5.56 Å². The topological polar surface area (TPSA) is 47.7 Å². The zero-order valence-electron chi connectivity index (χ0n) is 20.0. The molecule has 0 bridgehead atoms. The van der Waals surface area contributed by atoms with Gasteiger partial charge in [0.2, 0.25) is 0 Å². The number of amides is 1. The van der Waals surface area contributed by atoms with E-state index >= 15 is 0 Å². The SMILES string of the molecule is COc1ccc(-c2c3c4n(c(-c5ccccc5)cn4c2C(=O)Nc2ccccc2Cl)CCCC3)cc1. The average molecular weight is 496 g/mol. The van der Waals surface area contributed by atoms with Crippen LogP contribution in [0.1, 0.15) is 28.9 Å². The Bertz CT molecular complexity index is 1570. The number of methoxy groups -OCH3 is 1. The first-order valence-electron chi connectivity index (χ1n) is 12.2. The third-order valence-electron chi connectivity index (χ3n) is 6.92. The zero-order valence-corrected chi connectivity index (χ0v) is 20.8. The van der Waals surface area contributed by atoms with Gasteiger partial charge in [0.05, 0.1) is 23.5 Å². The van der Waals surface area contributed by atoms with E-state index in [9.17, 15) is 4.79 Å². The number of aromatic nitrogens is 2. The van der Waals surface area contributed by atoms with Crippen LogP contribution in [-0.4, -0.2) is 22.0 Å². The molecular weight excluding hydrogens is 470 g/mol. The van der Waals surface area contributed by atoms with Crippen LogP contribution in [0.2, 0.25) is 5.02 Å². The van der Waals surface area contributed by atoms with Gasteiger partial charge in [0, 0.05) is 23.9 Å². The number of imidazole rings is 1. The van der Waals surface area contributed by atoms with Crippen molar-refractivity contribution in [3.05, 3.63) is 101 Å². The van der Waals surface area contributed by atoms with Crippen LogP contribution in [0, 0.1) is 0 Å². The van der Waals surface area contributed by atoms with Crippen molar-refractivity contribution in [2.45, 2.75) is 25.8 Å². The molecule has 36 heavy (non-hydrogen) atoms. The number of aryl methyl sites for hydroxylation is 2. The second-order valence-electron chi connectivity index (χ2n) is 9.05. The van der Waals surface area contributed by atoms with Crippen LogP contribution >= 0.6 is 11.6 Å². The molecule has 6 heteroatoms. The standard InChI is InChI=1S/C30H26ClN3O2/c1-36-22-16-14-21(15-17-22)27-23-11-7-8-18-33-26(20-9-3-2-4-10-20)19-34(30(23)33)28(27)29(35)32-25-13-6-5-12-24(25)31/h2-6,9-10,12-17,19H,7-8,11,18H2,1H3,(H,32,35). The zero-order chi connectivity index (χ0) is 24.6. The second kappa shape index (κ2) is 9.25. The monoisotopic (exact) mass is 495 g/mol. The minimum Gasteiger partial charge on any atom is -0.497 e. The fraction of sp³-hybridized carbons (Fsp3) is 0.167. The summed E-state index contributed by atoms with van der Waals surface area (Å²) in [5.74, 6) is 0.596. The van der Waals surface area contributed by atoms with Gasteiger partial charge in [-0.25, -0.2) is 0 Å². The number of ether oxygens (including phenoxy) is 1. The van der Waals surface area contributed by atoms with Crippen molar-refractivity contribution in [3.63, 3.8) is 0 Å².